The van der Waals surface area contributed by atoms with Crippen LogP contribution < -0.4 is 10.8 Å². The summed E-state index contributed by atoms with van der Waals surface area (Å²) >= 11 is 6.24. The summed E-state index contributed by atoms with van der Waals surface area (Å²) in [6.45, 7) is 6.51. The molecular formula is C26H44ClN3O2. The summed E-state index contributed by atoms with van der Waals surface area (Å²) in [5.74, 6) is 1.11. The highest BCUT2D eigenvalue weighted by molar-refractivity contribution is 6.30. The molecule has 5 nitrogen and oxygen atoms in total. The minimum Gasteiger partial charge on any atom is -0.334 e. The molecule has 0 aliphatic heterocycles. The van der Waals surface area contributed by atoms with Crippen molar-refractivity contribution in [1.82, 2.24) is 15.7 Å². The average molecular weight is 466 g/mol. The van der Waals surface area contributed by atoms with E-state index in [2.05, 4.69) is 36.8 Å². The summed E-state index contributed by atoms with van der Waals surface area (Å²) < 4.78 is 0. The topological polar surface area (TPSA) is 53.6 Å². The van der Waals surface area contributed by atoms with Gasteiger partial charge in [0.2, 0.25) is 0 Å². The molecule has 1 aromatic carbocycles. The van der Waals surface area contributed by atoms with Gasteiger partial charge in [-0.05, 0) is 55.2 Å². The van der Waals surface area contributed by atoms with Crippen LogP contribution in [0.5, 0.6) is 0 Å². The zero-order chi connectivity index (χ0) is 23.2. The zero-order valence-corrected chi connectivity index (χ0v) is 21.1. The summed E-state index contributed by atoms with van der Waals surface area (Å²) in [6.07, 6.45) is 11.7. The number of amides is 2. The number of carbonyl (C=O) groups excluding carboxylic acids is 1. The van der Waals surface area contributed by atoms with Crippen LogP contribution in [0.4, 0.5) is 4.79 Å². The smallest absolute Gasteiger partial charge is 0.317 e. The fraction of sp³-hybridized carbons (Fsp3) is 0.731. The second-order valence-corrected chi connectivity index (χ2v) is 9.69. The van der Waals surface area contributed by atoms with Gasteiger partial charge in [0.25, 0.3) is 0 Å². The van der Waals surface area contributed by atoms with E-state index in [1.165, 1.54) is 37.7 Å². The quantitative estimate of drug-likeness (QED) is 0.307. The number of hydroxylamine groups is 1. The van der Waals surface area contributed by atoms with E-state index in [9.17, 15) is 4.79 Å². The fourth-order valence-electron chi connectivity index (χ4n) is 4.95. The highest BCUT2D eigenvalue weighted by Crippen LogP contribution is 2.28. The summed E-state index contributed by atoms with van der Waals surface area (Å²) in [5, 5.41) is 4.09. The molecule has 0 aromatic heterocycles. The van der Waals surface area contributed by atoms with Gasteiger partial charge < -0.3 is 15.1 Å². The van der Waals surface area contributed by atoms with E-state index in [-0.39, 0.29) is 12.1 Å². The molecule has 1 aromatic rings. The normalized spacial score (nSPS) is 16.5. The summed E-state index contributed by atoms with van der Waals surface area (Å²) in [4.78, 5) is 20.3. The van der Waals surface area contributed by atoms with E-state index >= 15 is 0 Å². The minimum atomic E-state index is 0.0481. The molecule has 2 atom stereocenters. The van der Waals surface area contributed by atoms with Crippen LogP contribution in [0.3, 0.4) is 0 Å². The van der Waals surface area contributed by atoms with Crippen molar-refractivity contribution in [3.63, 3.8) is 0 Å². The van der Waals surface area contributed by atoms with Crippen molar-refractivity contribution in [3.05, 3.63) is 34.9 Å². The minimum absolute atomic E-state index is 0.0481. The third-order valence-corrected chi connectivity index (χ3v) is 6.86. The van der Waals surface area contributed by atoms with Crippen LogP contribution in [0.25, 0.3) is 0 Å². The monoisotopic (exact) mass is 465 g/mol. The maximum absolute atomic E-state index is 13.2. The Kier molecular flexibility index (Phi) is 13.1. The zero-order valence-electron chi connectivity index (χ0n) is 20.4. The second-order valence-electron chi connectivity index (χ2n) is 9.26. The number of nitrogens with one attached hydrogen (secondary N) is 2. The molecule has 0 bridgehead atoms. The van der Waals surface area contributed by atoms with E-state index in [4.69, 9.17) is 16.4 Å². The molecule has 2 rings (SSSR count). The van der Waals surface area contributed by atoms with Crippen LogP contribution in [-0.4, -0.2) is 43.7 Å². The molecule has 0 heterocycles. The van der Waals surface area contributed by atoms with Crippen LogP contribution in [0.2, 0.25) is 5.02 Å². The first-order valence-corrected chi connectivity index (χ1v) is 13.0. The van der Waals surface area contributed by atoms with Gasteiger partial charge in [0.05, 0.1) is 7.11 Å². The van der Waals surface area contributed by atoms with Crippen molar-refractivity contribution in [1.29, 1.82) is 0 Å². The first-order valence-electron chi connectivity index (χ1n) is 12.6. The van der Waals surface area contributed by atoms with Crippen molar-refractivity contribution >= 4 is 17.6 Å². The number of nitrogens with zero attached hydrogens (tertiary/aromatic N) is 1. The highest BCUT2D eigenvalue weighted by atomic mass is 35.5. The maximum atomic E-state index is 13.2. The van der Waals surface area contributed by atoms with Gasteiger partial charge >= 0.3 is 6.03 Å². The Morgan fingerprint density at radius 3 is 2.59 bits per heavy atom. The maximum Gasteiger partial charge on any atom is 0.317 e. The molecule has 0 saturated heterocycles. The molecule has 2 N–H and O–H groups in total. The van der Waals surface area contributed by atoms with E-state index in [0.29, 0.717) is 18.4 Å². The lowest BCUT2D eigenvalue weighted by Crippen LogP contribution is -2.49. The van der Waals surface area contributed by atoms with Crippen molar-refractivity contribution in [3.8, 4) is 0 Å². The predicted octanol–water partition coefficient (Wildman–Crippen LogP) is 6.53. The van der Waals surface area contributed by atoms with Crippen molar-refractivity contribution < 1.29 is 9.63 Å². The Bertz CT molecular complexity index is 652. The van der Waals surface area contributed by atoms with Gasteiger partial charge in [-0.1, -0.05) is 76.1 Å². The Balaban J connectivity index is 1.98. The van der Waals surface area contributed by atoms with Crippen LogP contribution in [-0.2, 0) is 4.84 Å². The molecule has 1 unspecified atom stereocenters. The molecule has 1 aliphatic rings. The van der Waals surface area contributed by atoms with E-state index < -0.39 is 0 Å². The Hall–Kier alpha value is -1.30. The van der Waals surface area contributed by atoms with Crippen molar-refractivity contribution in [2.45, 2.75) is 90.0 Å². The standard InChI is InChI=1S/C26H44ClN3O2/c1-4-10-22(23-13-9-14-24(27)19-23)15-17-30(16-5-2)26(31)29-25(20-28-32-3)18-21-11-7-6-8-12-21/h9,13-14,19,21-22,25,28H,4-8,10-12,15-18,20H2,1-3H3,(H,29,31)/t22?,25-/m0/s1. The fourth-order valence-corrected chi connectivity index (χ4v) is 5.15. The molecule has 1 saturated carbocycles. The molecule has 1 fully saturated rings. The molecule has 0 radical (unpaired) electrons. The van der Waals surface area contributed by atoms with E-state index in [1.54, 1.807) is 7.11 Å². The largest absolute Gasteiger partial charge is 0.334 e. The highest BCUT2D eigenvalue weighted by Gasteiger charge is 2.23. The molecule has 0 spiro atoms. The predicted molar refractivity (Wildman–Crippen MR) is 134 cm³/mol. The van der Waals surface area contributed by atoms with Crippen LogP contribution in [0, 0.1) is 5.92 Å². The Labute approximate surface area is 200 Å². The second kappa shape index (κ2) is 15.5. The molecule has 32 heavy (non-hydrogen) atoms. The Morgan fingerprint density at radius 2 is 1.94 bits per heavy atom. The van der Waals surface area contributed by atoms with Gasteiger partial charge in [-0.2, -0.15) is 0 Å². The summed E-state index contributed by atoms with van der Waals surface area (Å²) in [5.41, 5.74) is 4.24. The van der Waals surface area contributed by atoms with Gasteiger partial charge in [0, 0.05) is 30.7 Å². The number of urea groups is 1. The third-order valence-electron chi connectivity index (χ3n) is 6.63. The average Bonchev–Trinajstić information content (AvgIpc) is 2.80. The lowest BCUT2D eigenvalue weighted by Gasteiger charge is -2.30. The first-order chi connectivity index (χ1) is 15.6. The number of benzene rings is 1. The van der Waals surface area contributed by atoms with Gasteiger partial charge in [0.15, 0.2) is 0 Å². The van der Waals surface area contributed by atoms with Gasteiger partial charge in [-0.3, -0.25) is 0 Å². The SMILES string of the molecule is CCCC(CCN(CCC)C(=O)N[C@H](CNOC)CC1CCCCC1)c1cccc(Cl)c1. The van der Waals surface area contributed by atoms with Crippen molar-refractivity contribution in [2.75, 3.05) is 26.7 Å². The van der Waals surface area contributed by atoms with Crippen LogP contribution >= 0.6 is 11.6 Å². The lowest BCUT2D eigenvalue weighted by atomic mass is 9.85. The van der Waals surface area contributed by atoms with E-state index in [1.807, 2.05) is 17.0 Å². The number of rotatable bonds is 14. The summed E-state index contributed by atoms with van der Waals surface area (Å²) in [7, 11) is 1.63. The Morgan fingerprint density at radius 1 is 1.16 bits per heavy atom. The summed E-state index contributed by atoms with van der Waals surface area (Å²) in [6, 6.07) is 8.31. The number of hydrogen-bond acceptors (Lipinski definition) is 3. The molecule has 6 heteroatoms. The van der Waals surface area contributed by atoms with Gasteiger partial charge in [-0.15, -0.1) is 0 Å². The molecular weight excluding hydrogens is 422 g/mol. The van der Waals surface area contributed by atoms with Gasteiger partial charge in [-0.25, -0.2) is 10.3 Å². The number of halogens is 1. The first kappa shape index (κ1) is 26.9. The van der Waals surface area contributed by atoms with Gasteiger partial charge in [0.1, 0.15) is 0 Å². The van der Waals surface area contributed by atoms with Crippen LogP contribution in [0.15, 0.2) is 24.3 Å². The third kappa shape index (κ3) is 9.68. The number of hydrogen-bond donors (Lipinski definition) is 2. The lowest BCUT2D eigenvalue weighted by molar-refractivity contribution is 0.0805. The van der Waals surface area contributed by atoms with Crippen LogP contribution in [0.1, 0.15) is 89.5 Å². The molecule has 1 aliphatic carbocycles. The molecule has 182 valence electrons. The molecule has 2 amide bonds. The van der Waals surface area contributed by atoms with E-state index in [0.717, 1.165) is 50.2 Å². The number of carbonyl (C=O) groups is 1. The van der Waals surface area contributed by atoms with Crippen molar-refractivity contribution in [2.24, 2.45) is 5.92 Å².